The number of benzene rings is 2. The van der Waals surface area contributed by atoms with Crippen molar-refractivity contribution in [1.82, 2.24) is 40.6 Å². The van der Waals surface area contributed by atoms with Crippen molar-refractivity contribution in [2.24, 2.45) is 0 Å². The smallest absolute Gasteiger partial charge is 0.407 e. The number of carbonyl (C=O) groups is 3. The van der Waals surface area contributed by atoms with Crippen molar-refractivity contribution in [1.29, 1.82) is 0 Å². The van der Waals surface area contributed by atoms with Crippen molar-refractivity contribution < 1.29 is 19.1 Å². The van der Waals surface area contributed by atoms with Crippen molar-refractivity contribution in [2.45, 2.75) is 83.1 Å². The van der Waals surface area contributed by atoms with Gasteiger partial charge in [-0.05, 0) is 50.3 Å². The van der Waals surface area contributed by atoms with Gasteiger partial charge in [-0.2, -0.15) is 0 Å². The normalized spacial score (nSPS) is 15.2. The Kier molecular flexibility index (Phi) is 16.4. The summed E-state index contributed by atoms with van der Waals surface area (Å²) in [7, 11) is 3.86. The Morgan fingerprint density at radius 1 is 0.855 bits per heavy atom. The molecule has 0 spiro atoms. The van der Waals surface area contributed by atoms with Crippen molar-refractivity contribution in [3.63, 3.8) is 0 Å². The molecule has 4 aromatic rings. The summed E-state index contributed by atoms with van der Waals surface area (Å²) in [6.07, 6.45) is 4.07. The number of hydrogen-bond donors (Lipinski definition) is 3. The van der Waals surface area contributed by atoms with Crippen LogP contribution in [0.15, 0.2) is 77.8 Å². The Bertz CT molecular complexity index is 1730. The zero-order valence-corrected chi connectivity index (χ0v) is 34.1. The molecule has 0 radical (unpaired) electrons. The second-order valence-electron chi connectivity index (χ2n) is 14.7. The molecule has 55 heavy (non-hydrogen) atoms. The second kappa shape index (κ2) is 21.6. The van der Waals surface area contributed by atoms with Crippen LogP contribution >= 0.6 is 22.7 Å². The highest BCUT2D eigenvalue weighted by Gasteiger charge is 2.27. The molecule has 12 nitrogen and oxygen atoms in total. The lowest BCUT2D eigenvalue weighted by Gasteiger charge is -2.33. The Balaban J connectivity index is 1.28. The molecule has 3 N–H and O–H groups in total. The first kappa shape index (κ1) is 41.8. The lowest BCUT2D eigenvalue weighted by Crippen LogP contribution is -2.54. The number of nitrogens with one attached hydrogen (secondary N) is 3. The number of thiazole rings is 2. The predicted octanol–water partition coefficient (Wildman–Crippen LogP) is 5.92. The number of ether oxygens (including phenoxy) is 1. The van der Waals surface area contributed by atoms with Crippen LogP contribution in [0.25, 0.3) is 0 Å². The van der Waals surface area contributed by atoms with Gasteiger partial charge in [0.1, 0.15) is 12.6 Å². The van der Waals surface area contributed by atoms with E-state index in [-0.39, 0.29) is 30.6 Å². The zero-order valence-electron chi connectivity index (χ0n) is 32.5. The molecule has 0 saturated carbocycles. The molecule has 0 bridgehead atoms. The van der Waals surface area contributed by atoms with Gasteiger partial charge < -0.3 is 35.4 Å². The van der Waals surface area contributed by atoms with Gasteiger partial charge in [-0.3, -0.25) is 9.78 Å². The minimum Gasteiger partial charge on any atom is -0.444 e. The summed E-state index contributed by atoms with van der Waals surface area (Å²) in [4.78, 5) is 56.8. The third-order valence-corrected chi connectivity index (χ3v) is 11.7. The lowest BCUT2D eigenvalue weighted by atomic mass is 9.95. The number of alkyl carbamates (subject to hydrolysis) is 1. The highest BCUT2D eigenvalue weighted by molar-refractivity contribution is 7.09. The minimum atomic E-state index is -0.741. The van der Waals surface area contributed by atoms with Gasteiger partial charge in [-0.15, -0.1) is 22.7 Å². The number of hydrogen-bond acceptors (Lipinski definition) is 10. The summed E-state index contributed by atoms with van der Waals surface area (Å²) in [6.45, 7) is 9.17. The topological polar surface area (TPSA) is 132 Å². The number of amides is 4. The number of piperazine rings is 1. The number of nitrogens with zero attached hydrogens (tertiary/aromatic N) is 5. The van der Waals surface area contributed by atoms with Crippen molar-refractivity contribution in [3.8, 4) is 0 Å². The van der Waals surface area contributed by atoms with Crippen LogP contribution in [0, 0.1) is 0 Å². The van der Waals surface area contributed by atoms with E-state index >= 15 is 0 Å². The van der Waals surface area contributed by atoms with E-state index in [0.29, 0.717) is 51.1 Å². The Morgan fingerprint density at radius 3 is 2.07 bits per heavy atom. The maximum atomic E-state index is 14.3. The van der Waals surface area contributed by atoms with Crippen LogP contribution in [-0.4, -0.2) is 108 Å². The minimum absolute atomic E-state index is 0.153. The van der Waals surface area contributed by atoms with Gasteiger partial charge in [0.05, 0.1) is 27.6 Å². The third kappa shape index (κ3) is 14.3. The van der Waals surface area contributed by atoms with Gasteiger partial charge in [0.15, 0.2) is 0 Å². The number of aromatic nitrogens is 2. The summed E-state index contributed by atoms with van der Waals surface area (Å²) in [6, 6.07) is 18.6. The first-order valence-corrected chi connectivity index (χ1v) is 20.9. The van der Waals surface area contributed by atoms with Gasteiger partial charge in [0.2, 0.25) is 5.91 Å². The van der Waals surface area contributed by atoms with E-state index < -0.39 is 12.1 Å². The monoisotopic (exact) mass is 788 g/mol. The van der Waals surface area contributed by atoms with E-state index in [2.05, 4.69) is 63.8 Å². The van der Waals surface area contributed by atoms with Crippen molar-refractivity contribution in [2.75, 3.05) is 46.8 Å². The molecule has 5 rings (SSSR count). The molecular formula is C41H56N8O4S2. The Labute approximate surface area is 333 Å². The fourth-order valence-corrected chi connectivity index (χ4v) is 7.83. The summed E-state index contributed by atoms with van der Waals surface area (Å²) in [5, 5.41) is 12.5. The molecule has 2 unspecified atom stereocenters. The van der Waals surface area contributed by atoms with Gasteiger partial charge in [0, 0.05) is 69.3 Å². The van der Waals surface area contributed by atoms with E-state index in [1.54, 1.807) is 35.0 Å². The fourth-order valence-electron chi connectivity index (χ4n) is 6.50. The van der Waals surface area contributed by atoms with Crippen LogP contribution in [0.3, 0.4) is 0 Å². The van der Waals surface area contributed by atoms with Crippen molar-refractivity contribution >= 4 is 40.7 Å². The van der Waals surface area contributed by atoms with E-state index in [0.717, 1.165) is 52.9 Å². The van der Waals surface area contributed by atoms with E-state index in [1.165, 1.54) is 11.3 Å². The molecule has 1 aliphatic heterocycles. The number of carbonyl (C=O) groups excluding carboxylic acids is 3. The molecular weight excluding hydrogens is 733 g/mol. The molecule has 1 fully saturated rings. The second-order valence-corrected chi connectivity index (χ2v) is 16.5. The summed E-state index contributed by atoms with van der Waals surface area (Å²) < 4.78 is 5.54. The third-order valence-electron chi connectivity index (χ3n) is 9.76. The molecule has 2 aromatic heterocycles. The SMILES string of the molecule is CC(C)c1nc(CN(C)C(=O)NC(CCN2CCN(C)CC2)C(=O)N[C@@H](CCC(Cc2ccccc2)NC(=O)OCc2cncs2)Cc2ccccc2)cs1. The van der Waals surface area contributed by atoms with Crippen molar-refractivity contribution in [3.05, 3.63) is 104 Å². The summed E-state index contributed by atoms with van der Waals surface area (Å²) in [5.41, 5.74) is 4.72. The standard InChI is InChI=1S/C41H56N8O4S2/c1-30(2)39-44-35(28-54-39)26-48(4)40(51)46-37(17-18-49-21-19-47(3)20-22-49)38(50)43-33(23-31-11-7-5-8-12-31)15-16-34(24-32-13-9-6-10-14-32)45-41(52)53-27-36-25-42-29-55-36/h5-14,25,28-30,33-34,37H,15-24,26-27H2,1-4H3,(H,43,50)(H,45,52)(H,46,51)/t33-,34?,37?/m0/s1. The molecule has 14 heteroatoms. The summed E-state index contributed by atoms with van der Waals surface area (Å²) in [5.74, 6) is 0.0980. The average molecular weight is 789 g/mol. The largest absolute Gasteiger partial charge is 0.444 e. The van der Waals surface area contributed by atoms with Gasteiger partial charge in [-0.25, -0.2) is 14.6 Å². The van der Waals surface area contributed by atoms with Gasteiger partial charge in [-0.1, -0.05) is 74.5 Å². The van der Waals surface area contributed by atoms with Gasteiger partial charge in [0.25, 0.3) is 0 Å². The molecule has 1 saturated heterocycles. The quantitative estimate of drug-likeness (QED) is 0.107. The number of rotatable bonds is 19. The molecule has 0 aliphatic carbocycles. The number of urea groups is 1. The van der Waals surface area contributed by atoms with Crippen LogP contribution in [0.1, 0.15) is 65.7 Å². The van der Waals surface area contributed by atoms with Crippen LogP contribution < -0.4 is 16.0 Å². The molecule has 1 aliphatic rings. The highest BCUT2D eigenvalue weighted by Crippen LogP contribution is 2.20. The van der Waals surface area contributed by atoms with Crippen LogP contribution in [0.5, 0.6) is 0 Å². The fraction of sp³-hybridized carbons (Fsp3) is 0.488. The van der Waals surface area contributed by atoms with E-state index in [4.69, 9.17) is 9.72 Å². The Morgan fingerprint density at radius 2 is 1.49 bits per heavy atom. The van der Waals surface area contributed by atoms with E-state index in [1.807, 2.05) is 53.9 Å². The Hall–Kier alpha value is -4.37. The maximum absolute atomic E-state index is 14.3. The number of likely N-dealkylation sites (N-methyl/N-ethyl adjacent to an activating group) is 1. The maximum Gasteiger partial charge on any atom is 0.407 e. The molecule has 296 valence electrons. The predicted molar refractivity (Wildman–Crippen MR) is 219 cm³/mol. The van der Waals surface area contributed by atoms with Crippen LogP contribution in [-0.2, 0) is 35.5 Å². The molecule has 2 aromatic carbocycles. The van der Waals surface area contributed by atoms with Crippen LogP contribution in [0.4, 0.5) is 9.59 Å². The first-order valence-electron chi connectivity index (χ1n) is 19.2. The van der Waals surface area contributed by atoms with Crippen LogP contribution in [0.2, 0.25) is 0 Å². The highest BCUT2D eigenvalue weighted by atomic mass is 32.1. The first-order chi connectivity index (χ1) is 26.6. The zero-order chi connectivity index (χ0) is 39.0. The molecule has 3 heterocycles. The van der Waals surface area contributed by atoms with Gasteiger partial charge >= 0.3 is 12.1 Å². The molecule has 4 amide bonds. The summed E-state index contributed by atoms with van der Waals surface area (Å²) >= 11 is 3.03. The lowest BCUT2D eigenvalue weighted by molar-refractivity contribution is -0.124. The molecule has 3 atom stereocenters. The van der Waals surface area contributed by atoms with E-state index in [9.17, 15) is 14.4 Å². The average Bonchev–Trinajstić information content (AvgIpc) is 3.89.